The second kappa shape index (κ2) is 4.89. The molecule has 0 unspecified atom stereocenters. The van der Waals surface area contributed by atoms with E-state index in [-0.39, 0.29) is 5.69 Å². The van der Waals surface area contributed by atoms with Crippen molar-refractivity contribution in [2.45, 2.75) is 12.7 Å². The summed E-state index contributed by atoms with van der Waals surface area (Å²) in [6, 6.07) is 5.78. The van der Waals surface area contributed by atoms with Crippen molar-refractivity contribution in [1.82, 2.24) is 14.3 Å². The maximum absolute atomic E-state index is 12.0. The molecule has 0 amide bonds. The van der Waals surface area contributed by atoms with Crippen molar-refractivity contribution in [3.05, 3.63) is 50.3 Å². The average Bonchev–Trinajstić information content (AvgIpc) is 2.56. The lowest BCUT2D eigenvalue weighted by Crippen LogP contribution is -2.28. The van der Waals surface area contributed by atoms with E-state index in [2.05, 4.69) is 5.10 Å². The Morgan fingerprint density at radius 3 is 2.61 bits per heavy atom. The molecule has 18 heavy (non-hydrogen) atoms. The lowest BCUT2D eigenvalue weighted by atomic mass is 10.1. The summed E-state index contributed by atoms with van der Waals surface area (Å²) in [5, 5.41) is 2.48. The number of rotatable bonds is 3. The first-order valence-electron chi connectivity index (χ1n) is 5.52. The van der Waals surface area contributed by atoms with E-state index in [9.17, 15) is 9.59 Å². The van der Waals surface area contributed by atoms with E-state index < -0.39 is 5.69 Å². The molecule has 0 fully saturated rings. The summed E-state index contributed by atoms with van der Waals surface area (Å²) in [5.41, 5.74) is 1.84. The van der Waals surface area contributed by atoms with E-state index in [1.54, 1.807) is 11.8 Å². The molecule has 1 heterocycles. The number of aromatic nitrogens is 3. The van der Waals surface area contributed by atoms with Gasteiger partial charge in [-0.3, -0.25) is 0 Å². The molecule has 0 saturated heterocycles. The Bertz CT molecular complexity index is 681. The number of thioether (sulfide) groups is 1. The van der Waals surface area contributed by atoms with E-state index >= 15 is 0 Å². The van der Waals surface area contributed by atoms with E-state index in [0.717, 1.165) is 16.9 Å². The highest BCUT2D eigenvalue weighted by molar-refractivity contribution is 7.97. The first-order valence-corrected chi connectivity index (χ1v) is 6.91. The number of aromatic amines is 1. The first-order chi connectivity index (χ1) is 8.56. The zero-order chi connectivity index (χ0) is 13.3. The van der Waals surface area contributed by atoms with Crippen LogP contribution in [0.15, 0.2) is 27.8 Å². The predicted octanol–water partition coefficient (Wildman–Crippen LogP) is 1.04. The third-order valence-corrected chi connectivity index (χ3v) is 3.39. The van der Waals surface area contributed by atoms with Crippen LogP contribution < -0.4 is 11.4 Å². The van der Waals surface area contributed by atoms with Gasteiger partial charge in [0, 0.05) is 12.8 Å². The zero-order valence-corrected chi connectivity index (χ0v) is 11.4. The standard InChI is InChI=1S/C12H15N3O2S/c1-8-5-4-6-9(7-18-3)10(8)15-11(16)13-14(2)12(15)17/h4-6H,7H2,1-3H3,(H,13,16). The van der Waals surface area contributed by atoms with Gasteiger partial charge in [-0.15, -0.1) is 0 Å². The zero-order valence-electron chi connectivity index (χ0n) is 10.6. The van der Waals surface area contributed by atoms with Crippen molar-refractivity contribution < 1.29 is 0 Å². The fraction of sp³-hybridized carbons (Fsp3) is 0.333. The lowest BCUT2D eigenvalue weighted by Gasteiger charge is -2.10. The van der Waals surface area contributed by atoms with Gasteiger partial charge in [-0.25, -0.2) is 23.9 Å². The minimum Gasteiger partial charge on any atom is -0.246 e. The normalized spacial score (nSPS) is 10.8. The summed E-state index contributed by atoms with van der Waals surface area (Å²) in [5.74, 6) is 0.762. The largest absolute Gasteiger partial charge is 0.351 e. The molecule has 1 aromatic heterocycles. The van der Waals surface area contributed by atoms with Gasteiger partial charge in [0.05, 0.1) is 5.69 Å². The molecule has 0 bridgehead atoms. The van der Waals surface area contributed by atoms with Crippen LogP contribution in [0, 0.1) is 6.92 Å². The molecule has 2 aromatic rings. The molecule has 0 radical (unpaired) electrons. The van der Waals surface area contributed by atoms with Crippen molar-refractivity contribution >= 4 is 11.8 Å². The number of benzene rings is 1. The minimum absolute atomic E-state index is 0.350. The number of hydrogen-bond acceptors (Lipinski definition) is 3. The first kappa shape index (κ1) is 12.8. The van der Waals surface area contributed by atoms with Crippen LogP contribution in [0.3, 0.4) is 0 Å². The molecular weight excluding hydrogens is 250 g/mol. The van der Waals surface area contributed by atoms with Crippen LogP contribution in [0.2, 0.25) is 0 Å². The van der Waals surface area contributed by atoms with Gasteiger partial charge in [-0.1, -0.05) is 18.2 Å². The Hall–Kier alpha value is -1.69. The van der Waals surface area contributed by atoms with Crippen LogP contribution in [0.5, 0.6) is 0 Å². The van der Waals surface area contributed by atoms with Gasteiger partial charge >= 0.3 is 11.4 Å². The van der Waals surface area contributed by atoms with Gasteiger partial charge in [-0.2, -0.15) is 11.8 Å². The van der Waals surface area contributed by atoms with E-state index in [4.69, 9.17) is 0 Å². The van der Waals surface area contributed by atoms with Gasteiger partial charge in [-0.05, 0) is 24.3 Å². The molecule has 0 saturated carbocycles. The van der Waals surface area contributed by atoms with Crippen molar-refractivity contribution in [2.24, 2.45) is 7.05 Å². The molecule has 0 aliphatic carbocycles. The summed E-state index contributed by atoms with van der Waals surface area (Å²) in [4.78, 5) is 23.8. The van der Waals surface area contributed by atoms with Crippen LogP contribution in [-0.4, -0.2) is 20.6 Å². The Morgan fingerprint density at radius 1 is 1.33 bits per heavy atom. The number of nitrogens with zero attached hydrogens (tertiary/aromatic N) is 2. The predicted molar refractivity (Wildman–Crippen MR) is 73.6 cm³/mol. The Balaban J connectivity index is 2.78. The number of H-pyrrole nitrogens is 1. The minimum atomic E-state index is -0.404. The number of para-hydroxylation sites is 1. The summed E-state index contributed by atoms with van der Waals surface area (Å²) >= 11 is 1.66. The molecule has 96 valence electrons. The van der Waals surface area contributed by atoms with Gasteiger partial charge in [0.1, 0.15) is 0 Å². The molecule has 6 heteroatoms. The van der Waals surface area contributed by atoms with Crippen LogP contribution in [0.1, 0.15) is 11.1 Å². The summed E-state index contributed by atoms with van der Waals surface area (Å²) < 4.78 is 2.39. The highest BCUT2D eigenvalue weighted by Gasteiger charge is 2.14. The molecule has 0 atom stereocenters. The lowest BCUT2D eigenvalue weighted by molar-refractivity contribution is 0.722. The number of aryl methyl sites for hydroxylation is 2. The molecular formula is C12H15N3O2S. The van der Waals surface area contributed by atoms with Crippen molar-refractivity contribution in [2.75, 3.05) is 6.26 Å². The molecule has 0 aliphatic heterocycles. The van der Waals surface area contributed by atoms with Gasteiger partial charge in [0.2, 0.25) is 0 Å². The van der Waals surface area contributed by atoms with E-state index in [0.29, 0.717) is 5.69 Å². The molecule has 0 spiro atoms. The van der Waals surface area contributed by atoms with E-state index in [1.165, 1.54) is 16.3 Å². The fourth-order valence-corrected chi connectivity index (χ4v) is 2.53. The molecule has 2 rings (SSSR count). The second-order valence-electron chi connectivity index (χ2n) is 4.11. The number of nitrogens with one attached hydrogen (secondary N) is 1. The van der Waals surface area contributed by atoms with Crippen molar-refractivity contribution in [1.29, 1.82) is 0 Å². The quantitative estimate of drug-likeness (QED) is 0.902. The maximum Gasteiger partial charge on any atom is 0.351 e. The Labute approximate surface area is 108 Å². The second-order valence-corrected chi connectivity index (χ2v) is 4.98. The average molecular weight is 265 g/mol. The molecule has 0 aliphatic rings. The monoisotopic (exact) mass is 265 g/mol. The Morgan fingerprint density at radius 2 is 2.06 bits per heavy atom. The molecule has 5 nitrogen and oxygen atoms in total. The highest BCUT2D eigenvalue weighted by atomic mass is 32.2. The Kier molecular flexibility index (Phi) is 3.47. The third kappa shape index (κ3) is 2.03. The summed E-state index contributed by atoms with van der Waals surface area (Å²) in [6.07, 6.45) is 1.99. The number of hydrogen-bond donors (Lipinski definition) is 1. The van der Waals surface area contributed by atoms with Gasteiger partial charge < -0.3 is 0 Å². The topological polar surface area (TPSA) is 59.8 Å². The van der Waals surface area contributed by atoms with Gasteiger partial charge in [0.25, 0.3) is 0 Å². The van der Waals surface area contributed by atoms with Gasteiger partial charge in [0.15, 0.2) is 0 Å². The summed E-state index contributed by atoms with van der Waals surface area (Å²) in [7, 11) is 1.53. The van der Waals surface area contributed by atoms with Crippen molar-refractivity contribution in [3.8, 4) is 5.69 Å². The SMILES string of the molecule is CSCc1cccc(C)c1-n1c(=O)[nH]n(C)c1=O. The maximum atomic E-state index is 12.0. The molecule has 1 N–H and O–H groups in total. The van der Waals surface area contributed by atoms with E-state index in [1.807, 2.05) is 31.4 Å². The highest BCUT2D eigenvalue weighted by Crippen LogP contribution is 2.20. The van der Waals surface area contributed by atoms with Crippen molar-refractivity contribution in [3.63, 3.8) is 0 Å². The summed E-state index contributed by atoms with van der Waals surface area (Å²) in [6.45, 7) is 1.90. The van der Waals surface area contributed by atoms with Crippen LogP contribution >= 0.6 is 11.8 Å². The fourth-order valence-electron chi connectivity index (χ4n) is 1.99. The third-order valence-electron chi connectivity index (χ3n) is 2.79. The van der Waals surface area contributed by atoms with Crippen LogP contribution in [0.4, 0.5) is 0 Å². The van der Waals surface area contributed by atoms with Crippen LogP contribution in [0.25, 0.3) is 5.69 Å². The smallest absolute Gasteiger partial charge is 0.246 e. The molecule has 1 aromatic carbocycles. The van der Waals surface area contributed by atoms with Crippen LogP contribution in [-0.2, 0) is 12.8 Å².